The third-order valence-electron chi connectivity index (χ3n) is 5.37. The summed E-state index contributed by atoms with van der Waals surface area (Å²) in [5, 5.41) is 6.84. The first-order valence-electron chi connectivity index (χ1n) is 9.97. The minimum atomic E-state index is -1.17. The number of aromatic nitrogens is 2. The first-order valence-corrected chi connectivity index (χ1v) is 9.97. The number of rotatable bonds is 4. The van der Waals surface area contributed by atoms with Gasteiger partial charge in [-0.1, -0.05) is 24.3 Å². The number of imidazole rings is 1. The Morgan fingerprint density at radius 2 is 1.90 bits per heavy atom. The zero-order valence-electron chi connectivity index (χ0n) is 16.2. The van der Waals surface area contributed by atoms with Crippen LogP contribution in [0.1, 0.15) is 11.4 Å². The highest BCUT2D eigenvalue weighted by molar-refractivity contribution is 6.05. The van der Waals surface area contributed by atoms with Crippen LogP contribution >= 0.6 is 0 Å². The van der Waals surface area contributed by atoms with Crippen molar-refractivity contribution in [2.45, 2.75) is 5.79 Å². The van der Waals surface area contributed by atoms with Gasteiger partial charge in [0, 0.05) is 37.4 Å². The normalized spacial score (nSPS) is 22.0. The van der Waals surface area contributed by atoms with E-state index in [1.54, 1.807) is 0 Å². The monoisotopic (exact) mass is 391 g/mol. The molecule has 5 N–H and O–H groups in total. The zero-order valence-corrected chi connectivity index (χ0v) is 16.2. The molecule has 0 aliphatic carbocycles. The maximum Gasteiger partial charge on any atom is 0.244 e. The van der Waals surface area contributed by atoms with E-state index in [4.69, 9.17) is 15.5 Å². The van der Waals surface area contributed by atoms with Crippen molar-refractivity contribution in [2.75, 3.05) is 44.7 Å². The average Bonchev–Trinajstić information content (AvgIpc) is 3.20. The molecule has 0 saturated carbocycles. The van der Waals surface area contributed by atoms with Crippen LogP contribution in [0.3, 0.4) is 0 Å². The fraction of sp³-hybridized carbons (Fsp3) is 0.333. The summed E-state index contributed by atoms with van der Waals surface area (Å²) in [6, 6.07) is 15.9. The van der Waals surface area contributed by atoms with E-state index in [9.17, 15) is 0 Å². The van der Waals surface area contributed by atoms with Gasteiger partial charge in [-0.05, 0) is 24.3 Å². The smallest absolute Gasteiger partial charge is 0.244 e. The van der Waals surface area contributed by atoms with Crippen LogP contribution in [0.15, 0.2) is 53.5 Å². The number of H-pyrrole nitrogens is 1. The topological polar surface area (TPSA) is 104 Å². The number of nitrogens with one attached hydrogen (secondary N) is 3. The van der Waals surface area contributed by atoms with Gasteiger partial charge in [-0.2, -0.15) is 0 Å². The Morgan fingerprint density at radius 1 is 1.10 bits per heavy atom. The average molecular weight is 391 g/mol. The number of para-hydroxylation sites is 3. The summed E-state index contributed by atoms with van der Waals surface area (Å²) in [6.45, 7) is 5.24. The second kappa shape index (κ2) is 7.47. The third-order valence-corrected chi connectivity index (χ3v) is 5.37. The number of amidine groups is 1. The third kappa shape index (κ3) is 3.57. The van der Waals surface area contributed by atoms with E-state index >= 15 is 0 Å². The molecule has 29 heavy (non-hydrogen) atoms. The van der Waals surface area contributed by atoms with Crippen molar-refractivity contribution in [3.8, 4) is 0 Å². The van der Waals surface area contributed by atoms with E-state index in [1.807, 2.05) is 48.5 Å². The lowest BCUT2D eigenvalue weighted by atomic mass is 10.1. The van der Waals surface area contributed by atoms with E-state index in [1.165, 1.54) is 0 Å². The number of nitrogens with zero attached hydrogens (tertiary/aromatic N) is 3. The highest BCUT2D eigenvalue weighted by Crippen LogP contribution is 2.30. The quantitative estimate of drug-likeness (QED) is 0.536. The molecule has 8 nitrogen and oxygen atoms in total. The molecule has 2 aliphatic heterocycles. The zero-order chi connectivity index (χ0) is 19.7. The van der Waals surface area contributed by atoms with Crippen LogP contribution in [0.2, 0.25) is 0 Å². The van der Waals surface area contributed by atoms with Crippen LogP contribution < -0.4 is 16.4 Å². The predicted molar refractivity (Wildman–Crippen MR) is 114 cm³/mol. The first-order chi connectivity index (χ1) is 14.2. The summed E-state index contributed by atoms with van der Waals surface area (Å²) >= 11 is 0. The summed E-state index contributed by atoms with van der Waals surface area (Å²) in [7, 11) is 0. The van der Waals surface area contributed by atoms with Gasteiger partial charge in [0.25, 0.3) is 0 Å². The Kier molecular flexibility index (Phi) is 4.67. The van der Waals surface area contributed by atoms with E-state index in [2.05, 4.69) is 25.5 Å². The fourth-order valence-corrected chi connectivity index (χ4v) is 3.81. The largest absolute Gasteiger partial charge is 0.379 e. The van der Waals surface area contributed by atoms with E-state index in [0.717, 1.165) is 67.5 Å². The lowest BCUT2D eigenvalue weighted by molar-refractivity contribution is 0.0389. The maximum atomic E-state index is 6.70. The number of nitrogens with two attached hydrogens (primary N) is 1. The summed E-state index contributed by atoms with van der Waals surface area (Å²) in [6.07, 6.45) is 0. The molecule has 2 aliphatic rings. The molecule has 1 unspecified atom stereocenters. The number of ether oxygens (including phenoxy) is 1. The molecule has 150 valence electrons. The molecule has 8 heteroatoms. The van der Waals surface area contributed by atoms with Crippen molar-refractivity contribution in [3.05, 3.63) is 59.9 Å². The van der Waals surface area contributed by atoms with E-state index < -0.39 is 5.79 Å². The van der Waals surface area contributed by atoms with Crippen molar-refractivity contribution in [2.24, 2.45) is 10.7 Å². The number of aromatic amines is 1. The Labute approximate surface area is 169 Å². The van der Waals surface area contributed by atoms with Gasteiger partial charge in [-0.15, -0.1) is 0 Å². The number of aliphatic imine (C=N–C) groups is 1. The van der Waals surface area contributed by atoms with Crippen molar-refractivity contribution in [1.82, 2.24) is 20.2 Å². The van der Waals surface area contributed by atoms with E-state index in [0.29, 0.717) is 5.82 Å². The second-order valence-corrected chi connectivity index (χ2v) is 7.38. The lowest BCUT2D eigenvalue weighted by Crippen LogP contribution is -2.50. The summed E-state index contributed by atoms with van der Waals surface area (Å²) < 4.78 is 5.42. The maximum absolute atomic E-state index is 6.70. The molecule has 1 saturated heterocycles. The summed E-state index contributed by atoms with van der Waals surface area (Å²) in [5.74, 6) is 0.186. The molecule has 0 bridgehead atoms. The Balaban J connectivity index is 1.42. The van der Waals surface area contributed by atoms with Crippen molar-refractivity contribution < 1.29 is 4.74 Å². The van der Waals surface area contributed by atoms with Crippen LogP contribution in [0.5, 0.6) is 0 Å². The van der Waals surface area contributed by atoms with Gasteiger partial charge >= 0.3 is 0 Å². The molecule has 0 amide bonds. The lowest BCUT2D eigenvalue weighted by Gasteiger charge is -2.33. The number of hydrogen-bond acceptors (Lipinski definition) is 7. The molecule has 3 heterocycles. The van der Waals surface area contributed by atoms with Crippen molar-refractivity contribution in [3.63, 3.8) is 0 Å². The fourth-order valence-electron chi connectivity index (χ4n) is 3.81. The molecule has 3 aromatic rings. The number of fused-ring (bicyclic) bond motifs is 2. The van der Waals surface area contributed by atoms with Gasteiger partial charge in [0.1, 0.15) is 5.84 Å². The molecule has 1 fully saturated rings. The molecule has 5 rings (SSSR count). The Bertz CT molecular complexity index is 1010. The number of anilines is 1. The van der Waals surface area contributed by atoms with Crippen LogP contribution in [0.4, 0.5) is 5.69 Å². The van der Waals surface area contributed by atoms with Gasteiger partial charge in [0.05, 0.1) is 24.2 Å². The Morgan fingerprint density at radius 3 is 2.76 bits per heavy atom. The highest BCUT2D eigenvalue weighted by Gasteiger charge is 2.35. The molecule has 2 aromatic carbocycles. The molecule has 0 radical (unpaired) electrons. The predicted octanol–water partition coefficient (Wildman–Crippen LogP) is 1.43. The summed E-state index contributed by atoms with van der Waals surface area (Å²) in [4.78, 5) is 15.2. The minimum absolute atomic E-state index is 0.584. The highest BCUT2D eigenvalue weighted by atomic mass is 16.5. The number of benzene rings is 2. The second-order valence-electron chi connectivity index (χ2n) is 7.38. The van der Waals surface area contributed by atoms with Crippen molar-refractivity contribution >= 4 is 22.6 Å². The molecular formula is C21H25N7O. The molecule has 1 aromatic heterocycles. The van der Waals surface area contributed by atoms with Crippen LogP contribution in [-0.4, -0.2) is 60.1 Å². The Hall–Kier alpha value is -2.94. The first kappa shape index (κ1) is 18.1. The minimum Gasteiger partial charge on any atom is -0.379 e. The van der Waals surface area contributed by atoms with Gasteiger partial charge < -0.3 is 20.4 Å². The van der Waals surface area contributed by atoms with Crippen LogP contribution in [-0.2, 0) is 10.5 Å². The van der Waals surface area contributed by atoms with Gasteiger partial charge in [-0.25, -0.2) is 9.98 Å². The summed E-state index contributed by atoms with van der Waals surface area (Å²) in [5.41, 5.74) is 10.4. The standard InChI is InChI=1S/C21H25N7O/c22-21(20-24-17-7-3-4-8-18(17)25-20)26-16-6-2-1-5-15(16)19(27-21)23-9-10-28-11-13-29-14-12-28/h1-8,26H,9-14,22H2,(H,23,27)(H,24,25). The SMILES string of the molecule is NC1(c2nc3ccccc3[nH]2)N=C(NCCN2CCOCC2)c2ccccc2N1. The van der Waals surface area contributed by atoms with E-state index in [-0.39, 0.29) is 0 Å². The van der Waals surface area contributed by atoms with Crippen LogP contribution in [0.25, 0.3) is 11.0 Å². The van der Waals surface area contributed by atoms with Crippen LogP contribution in [0, 0.1) is 0 Å². The van der Waals surface area contributed by atoms with Crippen molar-refractivity contribution in [1.29, 1.82) is 0 Å². The van der Waals surface area contributed by atoms with Gasteiger partial charge in [-0.3, -0.25) is 10.6 Å². The number of morpholine rings is 1. The molecular weight excluding hydrogens is 366 g/mol. The molecule has 0 spiro atoms. The molecule has 1 atom stereocenters. The van der Waals surface area contributed by atoms with Gasteiger partial charge in [0.15, 0.2) is 5.82 Å². The number of hydrogen-bond donors (Lipinski definition) is 4. The van der Waals surface area contributed by atoms with Gasteiger partial charge in [0.2, 0.25) is 5.79 Å².